The van der Waals surface area contributed by atoms with Gasteiger partial charge in [0.2, 0.25) is 10.0 Å². The quantitative estimate of drug-likeness (QED) is 0.925. The van der Waals surface area contributed by atoms with Crippen LogP contribution in [0.3, 0.4) is 0 Å². The van der Waals surface area contributed by atoms with E-state index in [1.807, 2.05) is 11.7 Å². The van der Waals surface area contributed by atoms with E-state index >= 15 is 0 Å². The first kappa shape index (κ1) is 14.3. The van der Waals surface area contributed by atoms with E-state index in [2.05, 4.69) is 15.0 Å². The summed E-state index contributed by atoms with van der Waals surface area (Å²) in [7, 11) is -1.78. The predicted octanol–water partition coefficient (Wildman–Crippen LogP) is 1.38. The van der Waals surface area contributed by atoms with Gasteiger partial charge in [0.25, 0.3) is 0 Å². The number of hydrogen-bond acceptors (Lipinski definition) is 5. The van der Waals surface area contributed by atoms with E-state index in [0.717, 1.165) is 30.5 Å². The van der Waals surface area contributed by atoms with Crippen LogP contribution >= 0.6 is 0 Å². The Bertz CT molecular complexity index is 756. The molecule has 2 aromatic heterocycles. The Morgan fingerprint density at radius 2 is 2.19 bits per heavy atom. The molecule has 0 aromatic carbocycles. The standard InChI is InChI=1S/C13H18N4O3S/c1-8-13(9(2)20-15-8)21(18,19)16-11-5-4-6-12-10(11)7-14-17(12)3/h7,11,16H,4-6H2,1-3H3/t11-/m0/s1. The molecule has 2 aromatic rings. The Labute approximate surface area is 123 Å². The number of aryl methyl sites for hydroxylation is 3. The molecule has 0 amide bonds. The van der Waals surface area contributed by atoms with Crippen molar-refractivity contribution in [1.29, 1.82) is 0 Å². The molecule has 1 N–H and O–H groups in total. The monoisotopic (exact) mass is 310 g/mol. The second kappa shape index (κ2) is 4.96. The fourth-order valence-electron chi connectivity index (χ4n) is 2.93. The molecule has 1 aliphatic carbocycles. The van der Waals surface area contributed by atoms with Gasteiger partial charge in [0, 0.05) is 18.3 Å². The van der Waals surface area contributed by atoms with Gasteiger partial charge in [0.15, 0.2) is 5.76 Å². The molecule has 0 saturated heterocycles. The number of nitrogens with one attached hydrogen (secondary N) is 1. The Morgan fingerprint density at radius 1 is 1.43 bits per heavy atom. The zero-order valence-electron chi connectivity index (χ0n) is 12.3. The molecule has 21 heavy (non-hydrogen) atoms. The van der Waals surface area contributed by atoms with Crippen LogP contribution in [0.5, 0.6) is 0 Å². The van der Waals surface area contributed by atoms with Gasteiger partial charge >= 0.3 is 0 Å². The van der Waals surface area contributed by atoms with Gasteiger partial charge in [0.05, 0.1) is 12.2 Å². The summed E-state index contributed by atoms with van der Waals surface area (Å²) in [6, 6.07) is -0.249. The third kappa shape index (κ3) is 2.38. The van der Waals surface area contributed by atoms with E-state index in [0.29, 0.717) is 11.5 Å². The van der Waals surface area contributed by atoms with Crippen molar-refractivity contribution in [3.8, 4) is 0 Å². The van der Waals surface area contributed by atoms with Crippen LogP contribution in [0.1, 0.15) is 41.6 Å². The summed E-state index contributed by atoms with van der Waals surface area (Å²) in [5, 5.41) is 7.94. The van der Waals surface area contributed by atoms with Gasteiger partial charge in [0.1, 0.15) is 10.6 Å². The lowest BCUT2D eigenvalue weighted by Crippen LogP contribution is -2.31. The van der Waals surface area contributed by atoms with Crippen LogP contribution in [0, 0.1) is 13.8 Å². The molecule has 1 atom stereocenters. The lowest BCUT2D eigenvalue weighted by Gasteiger charge is -2.23. The lowest BCUT2D eigenvalue weighted by molar-refractivity contribution is 0.390. The highest BCUT2D eigenvalue weighted by molar-refractivity contribution is 7.89. The largest absolute Gasteiger partial charge is 0.360 e. The van der Waals surface area contributed by atoms with Crippen LogP contribution in [0.4, 0.5) is 0 Å². The highest BCUT2D eigenvalue weighted by atomic mass is 32.2. The van der Waals surface area contributed by atoms with Crippen molar-refractivity contribution in [2.45, 2.75) is 44.0 Å². The maximum absolute atomic E-state index is 12.6. The average molecular weight is 310 g/mol. The average Bonchev–Trinajstić information content (AvgIpc) is 2.94. The first-order valence-corrected chi connectivity index (χ1v) is 8.34. The maximum atomic E-state index is 12.6. The summed E-state index contributed by atoms with van der Waals surface area (Å²) in [4.78, 5) is 0.138. The van der Waals surface area contributed by atoms with E-state index in [9.17, 15) is 8.42 Å². The van der Waals surface area contributed by atoms with Gasteiger partial charge in [-0.1, -0.05) is 5.16 Å². The lowest BCUT2D eigenvalue weighted by atomic mass is 9.94. The molecule has 0 radical (unpaired) electrons. The third-order valence-corrected chi connectivity index (χ3v) is 5.62. The zero-order chi connectivity index (χ0) is 15.2. The molecule has 0 unspecified atom stereocenters. The summed E-state index contributed by atoms with van der Waals surface area (Å²) in [5.41, 5.74) is 2.43. The molecule has 0 saturated carbocycles. The first-order valence-electron chi connectivity index (χ1n) is 6.86. The number of fused-ring (bicyclic) bond motifs is 1. The van der Waals surface area contributed by atoms with Crippen molar-refractivity contribution >= 4 is 10.0 Å². The van der Waals surface area contributed by atoms with Crippen LogP contribution in [0.25, 0.3) is 0 Å². The molecule has 7 nitrogen and oxygen atoms in total. The van der Waals surface area contributed by atoms with Crippen LogP contribution in [0.15, 0.2) is 15.6 Å². The molecule has 2 heterocycles. The minimum absolute atomic E-state index is 0.138. The Morgan fingerprint density at radius 3 is 2.86 bits per heavy atom. The van der Waals surface area contributed by atoms with Crippen molar-refractivity contribution in [3.63, 3.8) is 0 Å². The highest BCUT2D eigenvalue weighted by Crippen LogP contribution is 2.31. The minimum Gasteiger partial charge on any atom is -0.360 e. The molecular weight excluding hydrogens is 292 g/mol. The van der Waals surface area contributed by atoms with Gasteiger partial charge in [-0.3, -0.25) is 4.68 Å². The van der Waals surface area contributed by atoms with E-state index in [1.54, 1.807) is 20.0 Å². The number of aromatic nitrogens is 3. The van der Waals surface area contributed by atoms with Crippen molar-refractivity contribution in [3.05, 3.63) is 28.9 Å². The number of nitrogens with zero attached hydrogens (tertiary/aromatic N) is 3. The van der Waals surface area contributed by atoms with Gasteiger partial charge in [-0.2, -0.15) is 5.10 Å². The number of sulfonamides is 1. The fraction of sp³-hybridized carbons (Fsp3) is 0.538. The summed E-state index contributed by atoms with van der Waals surface area (Å²) in [5.74, 6) is 0.308. The first-order chi connectivity index (χ1) is 9.90. The molecule has 0 fully saturated rings. The zero-order valence-corrected chi connectivity index (χ0v) is 13.1. The van der Waals surface area contributed by atoms with E-state index in [1.165, 1.54) is 0 Å². The molecule has 1 aliphatic rings. The Balaban J connectivity index is 1.94. The van der Waals surface area contributed by atoms with Crippen molar-refractivity contribution in [2.75, 3.05) is 0 Å². The minimum atomic E-state index is -3.65. The molecule has 0 aliphatic heterocycles. The summed E-state index contributed by atoms with van der Waals surface area (Å²) in [6.07, 6.45) is 4.37. The third-order valence-electron chi connectivity index (χ3n) is 3.91. The molecule has 114 valence electrons. The second-order valence-corrected chi connectivity index (χ2v) is 7.04. The highest BCUT2D eigenvalue weighted by Gasteiger charge is 2.31. The molecular formula is C13H18N4O3S. The van der Waals surface area contributed by atoms with Crippen LogP contribution in [0.2, 0.25) is 0 Å². The Hall–Kier alpha value is -1.67. The molecule has 3 rings (SSSR count). The Kier molecular flexibility index (Phi) is 3.37. The molecule has 8 heteroatoms. The van der Waals surface area contributed by atoms with Crippen molar-refractivity contribution in [1.82, 2.24) is 19.7 Å². The number of hydrogen-bond donors (Lipinski definition) is 1. The second-order valence-electron chi connectivity index (χ2n) is 5.39. The van der Waals surface area contributed by atoms with Gasteiger partial charge < -0.3 is 4.52 Å². The van der Waals surface area contributed by atoms with Gasteiger partial charge in [-0.25, -0.2) is 13.1 Å². The van der Waals surface area contributed by atoms with E-state index in [4.69, 9.17) is 4.52 Å². The molecule has 0 bridgehead atoms. The van der Waals surface area contributed by atoms with Crippen molar-refractivity contribution < 1.29 is 12.9 Å². The van der Waals surface area contributed by atoms with Crippen LogP contribution in [-0.2, 0) is 23.5 Å². The topological polar surface area (TPSA) is 90.0 Å². The fourth-order valence-corrected chi connectivity index (χ4v) is 4.51. The summed E-state index contributed by atoms with van der Waals surface area (Å²) >= 11 is 0. The number of rotatable bonds is 3. The van der Waals surface area contributed by atoms with Crippen molar-refractivity contribution in [2.24, 2.45) is 7.05 Å². The van der Waals surface area contributed by atoms with Crippen LogP contribution in [-0.4, -0.2) is 23.4 Å². The normalized spacial score (nSPS) is 18.7. The summed E-state index contributed by atoms with van der Waals surface area (Å²) < 4.78 is 34.7. The van der Waals surface area contributed by atoms with Gasteiger partial charge in [-0.15, -0.1) is 0 Å². The SMILES string of the molecule is Cc1noc(C)c1S(=O)(=O)N[C@H]1CCCc2c1cnn2C. The summed E-state index contributed by atoms with van der Waals surface area (Å²) in [6.45, 7) is 3.23. The van der Waals surface area contributed by atoms with Crippen LogP contribution < -0.4 is 4.72 Å². The predicted molar refractivity (Wildman–Crippen MR) is 75.2 cm³/mol. The van der Waals surface area contributed by atoms with E-state index in [-0.39, 0.29) is 10.9 Å². The molecule has 0 spiro atoms. The smallest absolute Gasteiger partial charge is 0.246 e. The van der Waals surface area contributed by atoms with Gasteiger partial charge in [-0.05, 0) is 33.1 Å². The maximum Gasteiger partial charge on any atom is 0.246 e. The van der Waals surface area contributed by atoms with E-state index < -0.39 is 10.0 Å².